The SMILES string of the molecule is C=C(O)/C=C\C(OC(F)(F)F)=C(\C)CC(=O)Oc1ccccc1. The van der Waals surface area contributed by atoms with E-state index in [-0.39, 0.29) is 11.3 Å². The van der Waals surface area contributed by atoms with E-state index in [0.717, 1.165) is 12.2 Å². The van der Waals surface area contributed by atoms with Gasteiger partial charge < -0.3 is 14.6 Å². The van der Waals surface area contributed by atoms with Crippen LogP contribution in [0.1, 0.15) is 13.3 Å². The van der Waals surface area contributed by atoms with Crippen molar-refractivity contribution < 1.29 is 32.5 Å². The van der Waals surface area contributed by atoms with Crippen LogP contribution in [-0.2, 0) is 9.53 Å². The van der Waals surface area contributed by atoms with E-state index in [1.54, 1.807) is 30.3 Å². The molecule has 0 heterocycles. The van der Waals surface area contributed by atoms with Crippen molar-refractivity contribution in [3.8, 4) is 5.75 Å². The van der Waals surface area contributed by atoms with Gasteiger partial charge in [0.2, 0.25) is 0 Å². The van der Waals surface area contributed by atoms with Crippen molar-refractivity contribution in [3.63, 3.8) is 0 Å². The molecule has 0 saturated heterocycles. The van der Waals surface area contributed by atoms with E-state index in [2.05, 4.69) is 11.3 Å². The highest BCUT2D eigenvalue weighted by Gasteiger charge is 2.32. The Hall–Kier alpha value is -2.70. The van der Waals surface area contributed by atoms with Crippen molar-refractivity contribution in [2.75, 3.05) is 0 Å². The van der Waals surface area contributed by atoms with Crippen molar-refractivity contribution in [1.82, 2.24) is 0 Å². The molecule has 0 atom stereocenters. The molecule has 0 aliphatic carbocycles. The van der Waals surface area contributed by atoms with E-state index in [1.165, 1.54) is 6.92 Å². The zero-order valence-corrected chi connectivity index (χ0v) is 12.3. The Bertz CT molecular complexity index is 616. The second kappa shape index (κ2) is 8.07. The minimum Gasteiger partial charge on any atom is -0.509 e. The van der Waals surface area contributed by atoms with Crippen LogP contribution in [0.2, 0.25) is 0 Å². The molecule has 1 rings (SSSR count). The van der Waals surface area contributed by atoms with Gasteiger partial charge >= 0.3 is 12.3 Å². The lowest BCUT2D eigenvalue weighted by Gasteiger charge is -2.13. The number of para-hydroxylation sites is 1. The molecular formula is C16H15F3O4. The lowest BCUT2D eigenvalue weighted by Crippen LogP contribution is -2.15. The summed E-state index contributed by atoms with van der Waals surface area (Å²) in [5.41, 5.74) is -0.0132. The molecule has 0 fully saturated rings. The number of hydrogen-bond acceptors (Lipinski definition) is 4. The zero-order valence-electron chi connectivity index (χ0n) is 12.3. The van der Waals surface area contributed by atoms with Gasteiger partial charge in [0.25, 0.3) is 0 Å². The maximum atomic E-state index is 12.4. The number of ether oxygens (including phenoxy) is 2. The lowest BCUT2D eigenvalue weighted by atomic mass is 10.1. The van der Waals surface area contributed by atoms with Gasteiger partial charge in [-0.15, -0.1) is 13.2 Å². The van der Waals surface area contributed by atoms with Crippen LogP contribution in [0.5, 0.6) is 5.75 Å². The lowest BCUT2D eigenvalue weighted by molar-refractivity contribution is -0.303. The average molecular weight is 328 g/mol. The zero-order chi connectivity index (χ0) is 17.5. The predicted octanol–water partition coefficient (Wildman–Crippen LogP) is 4.42. The number of carbonyl (C=O) groups excluding carboxylic acids is 1. The van der Waals surface area contributed by atoms with Crippen LogP contribution in [0.25, 0.3) is 0 Å². The molecule has 0 radical (unpaired) electrons. The number of halogens is 3. The quantitative estimate of drug-likeness (QED) is 0.363. The number of aliphatic hydroxyl groups excluding tert-OH is 1. The van der Waals surface area contributed by atoms with Crippen LogP contribution >= 0.6 is 0 Å². The number of alkyl halides is 3. The predicted molar refractivity (Wildman–Crippen MR) is 77.4 cm³/mol. The van der Waals surface area contributed by atoms with Gasteiger partial charge in [-0.2, -0.15) is 0 Å². The first kappa shape index (κ1) is 18.3. The highest BCUT2D eigenvalue weighted by molar-refractivity contribution is 5.75. The van der Waals surface area contributed by atoms with Gasteiger partial charge in [0.15, 0.2) is 0 Å². The molecule has 1 aromatic carbocycles. The number of hydrogen-bond donors (Lipinski definition) is 1. The van der Waals surface area contributed by atoms with Crippen LogP contribution in [0.3, 0.4) is 0 Å². The van der Waals surface area contributed by atoms with Gasteiger partial charge in [-0.1, -0.05) is 24.8 Å². The fraction of sp³-hybridized carbons (Fsp3) is 0.188. The van der Waals surface area contributed by atoms with Crippen LogP contribution in [-0.4, -0.2) is 17.4 Å². The molecule has 1 N–H and O–H groups in total. The molecule has 0 bridgehead atoms. The molecule has 124 valence electrons. The monoisotopic (exact) mass is 328 g/mol. The summed E-state index contributed by atoms with van der Waals surface area (Å²) < 4.78 is 46.0. The van der Waals surface area contributed by atoms with E-state index in [0.29, 0.717) is 0 Å². The summed E-state index contributed by atoms with van der Waals surface area (Å²) in [6.07, 6.45) is -3.54. The molecule has 0 amide bonds. The molecule has 7 heteroatoms. The van der Waals surface area contributed by atoms with Crippen molar-refractivity contribution in [2.45, 2.75) is 19.7 Å². The Labute approximate surface area is 131 Å². The van der Waals surface area contributed by atoms with Gasteiger partial charge in [-0.05, 0) is 36.8 Å². The maximum absolute atomic E-state index is 12.4. The Morgan fingerprint density at radius 1 is 1.26 bits per heavy atom. The molecule has 23 heavy (non-hydrogen) atoms. The topological polar surface area (TPSA) is 55.8 Å². The standard InChI is InChI=1S/C16H15F3O4/c1-11(10-15(21)22-13-6-4-3-5-7-13)14(9-8-12(2)20)23-16(17,18)19/h3-9,20H,2,10H2,1H3/b9-8-,14-11+. The van der Waals surface area contributed by atoms with Gasteiger partial charge in [0.05, 0.1) is 6.42 Å². The number of rotatable bonds is 6. The highest BCUT2D eigenvalue weighted by Crippen LogP contribution is 2.25. The Morgan fingerprint density at radius 2 is 1.87 bits per heavy atom. The van der Waals surface area contributed by atoms with Gasteiger partial charge in [-0.25, -0.2) is 0 Å². The Kier molecular flexibility index (Phi) is 6.44. The summed E-state index contributed by atoms with van der Waals surface area (Å²) >= 11 is 0. The van der Waals surface area contributed by atoms with Gasteiger partial charge in [0.1, 0.15) is 17.3 Å². The average Bonchev–Trinajstić information content (AvgIpc) is 2.42. The Morgan fingerprint density at radius 3 is 2.39 bits per heavy atom. The van der Waals surface area contributed by atoms with Crippen LogP contribution < -0.4 is 4.74 Å². The minimum absolute atomic E-state index is 0.0132. The Balaban J connectivity index is 2.87. The van der Waals surface area contributed by atoms with Crippen LogP contribution in [0, 0.1) is 0 Å². The molecule has 0 aliphatic heterocycles. The minimum atomic E-state index is -4.93. The second-order valence-corrected chi connectivity index (χ2v) is 4.48. The van der Waals surface area contributed by atoms with Gasteiger partial charge in [0, 0.05) is 0 Å². The smallest absolute Gasteiger partial charge is 0.509 e. The molecule has 1 aromatic rings. The number of benzene rings is 1. The maximum Gasteiger partial charge on any atom is 0.573 e. The second-order valence-electron chi connectivity index (χ2n) is 4.48. The molecule has 0 saturated carbocycles. The highest BCUT2D eigenvalue weighted by atomic mass is 19.4. The van der Waals surface area contributed by atoms with Crippen molar-refractivity contribution in [3.05, 3.63) is 66.2 Å². The van der Waals surface area contributed by atoms with E-state index >= 15 is 0 Å². The van der Waals surface area contributed by atoms with Crippen LogP contribution in [0.4, 0.5) is 13.2 Å². The van der Waals surface area contributed by atoms with Crippen LogP contribution in [0.15, 0.2) is 66.2 Å². The van der Waals surface area contributed by atoms with E-state index < -0.39 is 30.3 Å². The molecular weight excluding hydrogens is 313 g/mol. The molecule has 0 aliphatic rings. The summed E-state index contributed by atoms with van der Waals surface area (Å²) in [6.45, 7) is 4.41. The fourth-order valence-electron chi connectivity index (χ4n) is 1.52. The van der Waals surface area contributed by atoms with E-state index in [1.807, 2.05) is 0 Å². The number of carbonyl (C=O) groups is 1. The summed E-state index contributed by atoms with van der Waals surface area (Å²) in [5, 5.41) is 8.93. The first-order valence-corrected chi connectivity index (χ1v) is 6.44. The first-order valence-electron chi connectivity index (χ1n) is 6.44. The van der Waals surface area contributed by atoms with E-state index in [4.69, 9.17) is 9.84 Å². The number of allylic oxidation sites excluding steroid dienone is 2. The van der Waals surface area contributed by atoms with Gasteiger partial charge in [-0.3, -0.25) is 4.79 Å². The largest absolute Gasteiger partial charge is 0.573 e. The summed E-state index contributed by atoms with van der Waals surface area (Å²) in [7, 11) is 0. The fourth-order valence-corrected chi connectivity index (χ4v) is 1.52. The van der Waals surface area contributed by atoms with E-state index in [9.17, 15) is 18.0 Å². The number of aliphatic hydroxyl groups is 1. The third kappa shape index (κ3) is 7.75. The number of esters is 1. The normalized spacial score (nSPS) is 12.7. The summed E-state index contributed by atoms with van der Waals surface area (Å²) in [4.78, 5) is 11.7. The third-order valence-corrected chi connectivity index (χ3v) is 2.46. The van der Waals surface area contributed by atoms with Crippen molar-refractivity contribution >= 4 is 5.97 Å². The third-order valence-electron chi connectivity index (χ3n) is 2.46. The molecule has 4 nitrogen and oxygen atoms in total. The summed E-state index contributed by atoms with van der Waals surface area (Å²) in [5.74, 6) is -1.53. The van der Waals surface area contributed by atoms with Crippen molar-refractivity contribution in [1.29, 1.82) is 0 Å². The molecule has 0 spiro atoms. The van der Waals surface area contributed by atoms with Crippen molar-refractivity contribution in [2.24, 2.45) is 0 Å². The molecule has 0 unspecified atom stereocenters. The molecule has 0 aromatic heterocycles. The first-order chi connectivity index (χ1) is 10.7. The summed E-state index contributed by atoms with van der Waals surface area (Å²) in [6, 6.07) is 8.11.